The van der Waals surface area contributed by atoms with E-state index in [0.717, 1.165) is 5.69 Å². The number of amides is 2. The fraction of sp³-hybridized carbons (Fsp3) is 0.429. The number of rotatable bonds is 6. The van der Waals surface area contributed by atoms with Crippen molar-refractivity contribution in [3.05, 3.63) is 24.3 Å². The number of nitrogens with one attached hydrogen (secondary N) is 2. The molecular weight excluding hydrogens is 264 g/mol. The van der Waals surface area contributed by atoms with E-state index in [-0.39, 0.29) is 18.2 Å². The van der Waals surface area contributed by atoms with Gasteiger partial charge in [-0.1, -0.05) is 13.8 Å². The van der Waals surface area contributed by atoms with Crippen LogP contribution in [-0.4, -0.2) is 17.7 Å². The number of hydrogen-bond acceptors (Lipinski definition) is 2. The molecule has 0 radical (unpaired) electrons. The van der Waals surface area contributed by atoms with Crippen LogP contribution in [0.5, 0.6) is 0 Å². The molecule has 0 aliphatic carbocycles. The minimum absolute atomic E-state index is 0.00562. The molecule has 5 heteroatoms. The summed E-state index contributed by atoms with van der Waals surface area (Å²) in [5.74, 6) is 0.504. The van der Waals surface area contributed by atoms with Gasteiger partial charge in [-0.3, -0.25) is 9.59 Å². The summed E-state index contributed by atoms with van der Waals surface area (Å²) < 4.78 is 0. The highest BCUT2D eigenvalue weighted by atomic mass is 35.5. The number of anilines is 2. The van der Waals surface area contributed by atoms with Gasteiger partial charge in [0.2, 0.25) is 11.8 Å². The van der Waals surface area contributed by atoms with Gasteiger partial charge in [-0.15, -0.1) is 11.6 Å². The van der Waals surface area contributed by atoms with Crippen LogP contribution in [0.1, 0.15) is 26.7 Å². The second-order valence-electron chi connectivity index (χ2n) is 4.71. The van der Waals surface area contributed by atoms with Crippen LogP contribution in [0.25, 0.3) is 0 Å². The molecule has 0 saturated heterocycles. The molecule has 2 amide bonds. The predicted molar refractivity (Wildman–Crippen MR) is 78.5 cm³/mol. The molecule has 0 aliphatic rings. The number of alkyl halides is 1. The molecule has 0 aromatic heterocycles. The lowest BCUT2D eigenvalue weighted by Crippen LogP contribution is -2.14. The van der Waals surface area contributed by atoms with Crippen LogP contribution in [0, 0.1) is 5.92 Å². The number of carbonyl (C=O) groups excluding carboxylic acids is 2. The van der Waals surface area contributed by atoms with Crippen molar-refractivity contribution >= 4 is 34.8 Å². The molecule has 1 aromatic rings. The van der Waals surface area contributed by atoms with Crippen molar-refractivity contribution in [3.63, 3.8) is 0 Å². The van der Waals surface area contributed by atoms with E-state index >= 15 is 0 Å². The summed E-state index contributed by atoms with van der Waals surface area (Å²) >= 11 is 5.48. The number of hydrogen-bond donors (Lipinski definition) is 2. The SMILES string of the molecule is CC(C)CC(=O)Nc1ccc(NC(=O)CCCl)cc1. The smallest absolute Gasteiger partial charge is 0.225 e. The topological polar surface area (TPSA) is 58.2 Å². The molecule has 19 heavy (non-hydrogen) atoms. The van der Waals surface area contributed by atoms with E-state index in [9.17, 15) is 9.59 Å². The summed E-state index contributed by atoms with van der Waals surface area (Å²) in [6, 6.07) is 7.01. The first-order chi connectivity index (χ1) is 9.01. The monoisotopic (exact) mass is 282 g/mol. The Morgan fingerprint density at radius 2 is 1.53 bits per heavy atom. The molecule has 0 unspecified atom stereocenters. The summed E-state index contributed by atoms with van der Waals surface area (Å²) in [5.41, 5.74) is 1.41. The van der Waals surface area contributed by atoms with Crippen molar-refractivity contribution in [1.82, 2.24) is 0 Å². The van der Waals surface area contributed by atoms with Gasteiger partial charge in [0.05, 0.1) is 0 Å². The number of carbonyl (C=O) groups is 2. The average molecular weight is 283 g/mol. The van der Waals surface area contributed by atoms with Crippen molar-refractivity contribution in [2.45, 2.75) is 26.7 Å². The zero-order valence-electron chi connectivity index (χ0n) is 11.2. The van der Waals surface area contributed by atoms with Gasteiger partial charge in [0.1, 0.15) is 0 Å². The molecular formula is C14H19ClN2O2. The van der Waals surface area contributed by atoms with Crippen molar-refractivity contribution in [3.8, 4) is 0 Å². The highest BCUT2D eigenvalue weighted by molar-refractivity contribution is 6.19. The quantitative estimate of drug-likeness (QED) is 0.787. The standard InChI is InChI=1S/C14H19ClN2O2/c1-10(2)9-14(19)17-12-5-3-11(4-6-12)16-13(18)7-8-15/h3-6,10H,7-9H2,1-2H3,(H,16,18)(H,17,19). The summed E-state index contributed by atoms with van der Waals surface area (Å²) in [5, 5.41) is 5.53. The Morgan fingerprint density at radius 1 is 1.05 bits per heavy atom. The molecule has 2 N–H and O–H groups in total. The number of benzene rings is 1. The molecule has 0 aliphatic heterocycles. The van der Waals surface area contributed by atoms with Crippen molar-refractivity contribution in [2.75, 3.05) is 16.5 Å². The molecule has 0 bridgehead atoms. The molecule has 0 saturated carbocycles. The Labute approximate surface area is 118 Å². The van der Waals surface area contributed by atoms with Gasteiger partial charge < -0.3 is 10.6 Å². The zero-order valence-corrected chi connectivity index (χ0v) is 12.0. The van der Waals surface area contributed by atoms with Gasteiger partial charge in [-0.25, -0.2) is 0 Å². The molecule has 0 spiro atoms. The Bertz CT molecular complexity index is 430. The van der Waals surface area contributed by atoms with Gasteiger partial charge in [0.15, 0.2) is 0 Å². The maximum atomic E-state index is 11.6. The predicted octanol–water partition coefficient (Wildman–Crippen LogP) is 3.24. The first-order valence-corrected chi connectivity index (χ1v) is 6.80. The van der Waals surface area contributed by atoms with Gasteiger partial charge in [0.25, 0.3) is 0 Å². The van der Waals surface area contributed by atoms with Crippen molar-refractivity contribution in [2.24, 2.45) is 5.92 Å². The fourth-order valence-electron chi connectivity index (χ4n) is 1.53. The Balaban J connectivity index is 2.52. The Kier molecular flexibility index (Phi) is 6.36. The second kappa shape index (κ2) is 7.79. The Hall–Kier alpha value is -1.55. The van der Waals surface area contributed by atoms with Crippen LogP contribution in [0.4, 0.5) is 11.4 Å². The third-order valence-electron chi connectivity index (χ3n) is 2.37. The van der Waals surface area contributed by atoms with Gasteiger partial charge in [-0.2, -0.15) is 0 Å². The molecule has 1 rings (SSSR count). The van der Waals surface area contributed by atoms with Gasteiger partial charge >= 0.3 is 0 Å². The fourth-order valence-corrected chi connectivity index (χ4v) is 1.70. The van der Waals surface area contributed by atoms with E-state index in [1.807, 2.05) is 13.8 Å². The maximum Gasteiger partial charge on any atom is 0.225 e. The minimum atomic E-state index is -0.119. The Morgan fingerprint density at radius 3 is 1.95 bits per heavy atom. The lowest BCUT2D eigenvalue weighted by Gasteiger charge is -2.08. The van der Waals surface area contributed by atoms with Crippen LogP contribution < -0.4 is 10.6 Å². The normalized spacial score (nSPS) is 10.3. The summed E-state index contributed by atoms with van der Waals surface area (Å²) in [7, 11) is 0. The third-order valence-corrected chi connectivity index (χ3v) is 2.56. The van der Waals surface area contributed by atoms with Crippen LogP contribution >= 0.6 is 11.6 Å². The molecule has 4 nitrogen and oxygen atoms in total. The van der Waals surface area contributed by atoms with E-state index in [0.29, 0.717) is 23.9 Å². The van der Waals surface area contributed by atoms with Gasteiger partial charge in [0, 0.05) is 30.1 Å². The van der Waals surface area contributed by atoms with Crippen molar-refractivity contribution < 1.29 is 9.59 Å². The first kappa shape index (κ1) is 15.5. The molecule has 104 valence electrons. The first-order valence-electron chi connectivity index (χ1n) is 6.27. The van der Waals surface area contributed by atoms with E-state index < -0.39 is 0 Å². The van der Waals surface area contributed by atoms with Crippen LogP contribution in [0.15, 0.2) is 24.3 Å². The van der Waals surface area contributed by atoms with E-state index in [1.165, 1.54) is 0 Å². The summed E-state index contributed by atoms with van der Waals surface area (Å²) in [6.07, 6.45) is 0.780. The zero-order chi connectivity index (χ0) is 14.3. The molecule has 0 heterocycles. The van der Waals surface area contributed by atoms with Gasteiger partial charge in [-0.05, 0) is 30.2 Å². The van der Waals surface area contributed by atoms with E-state index in [2.05, 4.69) is 10.6 Å². The lowest BCUT2D eigenvalue weighted by molar-refractivity contribution is -0.117. The second-order valence-corrected chi connectivity index (χ2v) is 5.09. The largest absolute Gasteiger partial charge is 0.326 e. The average Bonchev–Trinajstić information content (AvgIpc) is 2.31. The molecule has 0 fully saturated rings. The highest BCUT2D eigenvalue weighted by Gasteiger charge is 2.05. The van der Waals surface area contributed by atoms with Crippen LogP contribution in [-0.2, 0) is 9.59 Å². The van der Waals surface area contributed by atoms with E-state index in [1.54, 1.807) is 24.3 Å². The molecule has 1 aromatic carbocycles. The maximum absolute atomic E-state index is 11.6. The summed E-state index contributed by atoms with van der Waals surface area (Å²) in [6.45, 7) is 3.99. The molecule has 0 atom stereocenters. The number of halogens is 1. The lowest BCUT2D eigenvalue weighted by atomic mass is 10.1. The third kappa shape index (κ3) is 6.25. The minimum Gasteiger partial charge on any atom is -0.326 e. The van der Waals surface area contributed by atoms with Crippen LogP contribution in [0.2, 0.25) is 0 Å². The van der Waals surface area contributed by atoms with Crippen molar-refractivity contribution in [1.29, 1.82) is 0 Å². The van der Waals surface area contributed by atoms with Crippen LogP contribution in [0.3, 0.4) is 0 Å². The van der Waals surface area contributed by atoms with E-state index in [4.69, 9.17) is 11.6 Å². The summed E-state index contributed by atoms with van der Waals surface area (Å²) in [4.78, 5) is 22.9. The highest BCUT2D eigenvalue weighted by Crippen LogP contribution is 2.14.